The number of hydrogen-bond acceptors (Lipinski definition) is 9. The van der Waals surface area contributed by atoms with Crippen LogP contribution in [0.1, 0.15) is 141 Å². The van der Waals surface area contributed by atoms with E-state index >= 15 is 0 Å². The van der Waals surface area contributed by atoms with Crippen molar-refractivity contribution in [2.75, 3.05) is 26.3 Å². The third-order valence-corrected chi connectivity index (χ3v) is 21.3. The summed E-state index contributed by atoms with van der Waals surface area (Å²) in [5, 5.41) is 21.9. The summed E-state index contributed by atoms with van der Waals surface area (Å²) in [5.41, 5.74) is 10.3. The highest BCUT2D eigenvalue weighted by Crippen LogP contribution is 2.41. The molecule has 0 aliphatic heterocycles. The number of hydrogen-bond donors (Lipinski definition) is 2. The zero-order valence-corrected chi connectivity index (χ0v) is 41.5. The molecule has 2 atom stereocenters. The molecule has 2 aromatic rings. The molecule has 0 bridgehead atoms. The van der Waals surface area contributed by atoms with Crippen molar-refractivity contribution in [2.45, 2.75) is 168 Å². The summed E-state index contributed by atoms with van der Waals surface area (Å²) in [6, 6.07) is 13.6. The van der Waals surface area contributed by atoms with Crippen molar-refractivity contribution < 1.29 is 33.1 Å². The average molecular weight is 866 g/mol. The van der Waals surface area contributed by atoms with Crippen molar-refractivity contribution in [1.29, 1.82) is 5.26 Å². The molecule has 2 aromatic carbocycles. The maximum Gasteiger partial charge on any atom is 0.410 e. The van der Waals surface area contributed by atoms with E-state index in [1.165, 1.54) is 0 Å². The summed E-state index contributed by atoms with van der Waals surface area (Å²) < 4.78 is 24.1. The maximum atomic E-state index is 13.2. The molecule has 60 heavy (non-hydrogen) atoms. The summed E-state index contributed by atoms with van der Waals surface area (Å²) >= 11 is 0. The van der Waals surface area contributed by atoms with Crippen LogP contribution in [-0.2, 0) is 31.2 Å². The molecule has 0 saturated heterocycles. The summed E-state index contributed by atoms with van der Waals surface area (Å²) in [4.78, 5) is 29.8. The Morgan fingerprint density at radius 2 is 1.13 bits per heavy atom. The first-order chi connectivity index (χ1) is 27.4. The quantitative estimate of drug-likeness (QED) is 0.0737. The van der Waals surface area contributed by atoms with E-state index in [4.69, 9.17) is 29.3 Å². The molecule has 2 amide bonds. The molecule has 334 valence electrons. The second kappa shape index (κ2) is 19.4. The van der Waals surface area contributed by atoms with Gasteiger partial charge in [-0.2, -0.15) is 5.26 Å². The lowest BCUT2D eigenvalue weighted by Crippen LogP contribution is -2.45. The lowest BCUT2D eigenvalue weighted by Gasteiger charge is -2.38. The van der Waals surface area contributed by atoms with E-state index in [1.807, 2.05) is 77.9 Å². The molecule has 0 unspecified atom stereocenters. The SMILES string of the molecule is CC(C)(C)OC(=O)N(CCO[Si](C)(C)C(C)(C)C)[C@@H]1CCc2c(C#N)cccc21.CC(C)(C)OC(=O)N(CCO[Si](C)(C)C(C)(C)C)[C@@H]1CCc2c(C(N)=NO)cccc21. The van der Waals surface area contributed by atoms with Gasteiger partial charge in [-0.1, -0.05) is 77.0 Å². The van der Waals surface area contributed by atoms with Crippen molar-refractivity contribution in [3.05, 3.63) is 69.8 Å². The third kappa shape index (κ3) is 13.1. The van der Waals surface area contributed by atoms with Gasteiger partial charge in [-0.3, -0.25) is 9.80 Å². The lowest BCUT2D eigenvalue weighted by atomic mass is 10.0. The van der Waals surface area contributed by atoms with Gasteiger partial charge >= 0.3 is 12.2 Å². The van der Waals surface area contributed by atoms with E-state index in [0.717, 1.165) is 47.9 Å². The Morgan fingerprint density at radius 1 is 0.733 bits per heavy atom. The summed E-state index contributed by atoms with van der Waals surface area (Å²) in [6.45, 7) is 35.2. The first kappa shape index (κ1) is 50.4. The van der Waals surface area contributed by atoms with Gasteiger partial charge in [-0.05, 0) is 132 Å². The average Bonchev–Trinajstić information content (AvgIpc) is 3.74. The maximum absolute atomic E-state index is 13.2. The predicted octanol–water partition coefficient (Wildman–Crippen LogP) is 10.8. The Bertz CT molecular complexity index is 1880. The number of nitriles is 1. The van der Waals surface area contributed by atoms with Gasteiger partial charge in [0, 0.05) is 18.7 Å². The standard InChI is InChI=1S/C23H39N3O4Si.C23H36N2O3Si/c1-22(2,3)30-21(27)26(14-15-29-31(7,8)23(4,5)6)19-13-12-16-17(19)10-9-11-18(16)20(24)25-28;1-22(2,3)28-21(26)25(14-15-27-29(7,8)23(4,5)6)20-13-12-18-17(16-24)10-9-11-19(18)20/h9-11,19,28H,12-15H2,1-8H3,(H2,24,25);9-11,20H,12-15H2,1-8H3/t19-;20-/m11/s1. The van der Waals surface area contributed by atoms with Crippen LogP contribution in [0.3, 0.4) is 0 Å². The molecule has 0 radical (unpaired) electrons. The van der Waals surface area contributed by atoms with Crippen LogP contribution < -0.4 is 5.73 Å². The Hall–Kier alpha value is -3.91. The van der Waals surface area contributed by atoms with Gasteiger partial charge in [0.25, 0.3) is 0 Å². The highest BCUT2D eigenvalue weighted by atomic mass is 28.4. The number of rotatable bonds is 11. The van der Waals surface area contributed by atoms with E-state index < -0.39 is 27.8 Å². The minimum Gasteiger partial charge on any atom is -0.444 e. The zero-order chi connectivity index (χ0) is 45.6. The van der Waals surface area contributed by atoms with Crippen LogP contribution in [-0.4, -0.2) is 87.2 Å². The molecule has 0 fully saturated rings. The van der Waals surface area contributed by atoms with Gasteiger partial charge in [-0.15, -0.1) is 0 Å². The third-order valence-electron chi connectivity index (χ3n) is 12.2. The minimum absolute atomic E-state index is 0.0857. The smallest absolute Gasteiger partial charge is 0.410 e. The van der Waals surface area contributed by atoms with E-state index in [2.05, 4.69) is 79.0 Å². The first-order valence-corrected chi connectivity index (χ1v) is 27.1. The Kier molecular flexibility index (Phi) is 16.3. The molecule has 0 saturated carbocycles. The van der Waals surface area contributed by atoms with Crippen molar-refractivity contribution in [2.24, 2.45) is 10.9 Å². The first-order valence-electron chi connectivity index (χ1n) is 21.3. The highest BCUT2D eigenvalue weighted by molar-refractivity contribution is 6.74. The van der Waals surface area contributed by atoms with Gasteiger partial charge in [0.15, 0.2) is 22.5 Å². The number of benzene rings is 2. The fourth-order valence-electron chi connectivity index (χ4n) is 6.93. The fourth-order valence-corrected chi connectivity index (χ4v) is 9.00. The van der Waals surface area contributed by atoms with Crippen LogP contribution in [0.15, 0.2) is 41.6 Å². The molecule has 4 rings (SSSR count). The van der Waals surface area contributed by atoms with Gasteiger partial charge in [0.05, 0.1) is 36.9 Å². The number of fused-ring (bicyclic) bond motifs is 2. The fraction of sp³-hybridized carbons (Fsp3) is 0.652. The van der Waals surface area contributed by atoms with Crippen LogP contribution >= 0.6 is 0 Å². The molecule has 0 heterocycles. The summed E-state index contributed by atoms with van der Waals surface area (Å²) in [5.74, 6) is 0.0857. The number of oxime groups is 1. The number of carbonyl (C=O) groups is 2. The zero-order valence-electron chi connectivity index (χ0n) is 39.5. The molecule has 14 heteroatoms. The van der Waals surface area contributed by atoms with Crippen LogP contribution in [0.5, 0.6) is 0 Å². The van der Waals surface area contributed by atoms with Crippen LogP contribution in [0.25, 0.3) is 0 Å². The number of amidine groups is 1. The number of nitrogens with zero attached hydrogens (tertiary/aromatic N) is 4. The number of nitrogens with two attached hydrogens (primary N) is 1. The molecule has 0 spiro atoms. The monoisotopic (exact) mass is 866 g/mol. The largest absolute Gasteiger partial charge is 0.444 e. The van der Waals surface area contributed by atoms with Gasteiger partial charge < -0.3 is 29.3 Å². The Morgan fingerprint density at radius 3 is 1.52 bits per heavy atom. The van der Waals surface area contributed by atoms with E-state index in [1.54, 1.807) is 9.80 Å². The number of carbonyl (C=O) groups excluding carboxylic acids is 2. The topological polar surface area (TPSA) is 160 Å². The molecular formula is C46H75N5O7Si2. The van der Waals surface area contributed by atoms with E-state index in [-0.39, 0.29) is 40.2 Å². The van der Waals surface area contributed by atoms with Gasteiger partial charge in [0.1, 0.15) is 11.2 Å². The van der Waals surface area contributed by atoms with Gasteiger partial charge in [-0.25, -0.2) is 9.59 Å². The number of amides is 2. The predicted molar refractivity (Wildman–Crippen MR) is 244 cm³/mol. The van der Waals surface area contributed by atoms with Crippen LogP contribution in [0.4, 0.5) is 9.59 Å². The van der Waals surface area contributed by atoms with Crippen LogP contribution in [0, 0.1) is 11.3 Å². The minimum atomic E-state index is -1.93. The van der Waals surface area contributed by atoms with Crippen molar-refractivity contribution >= 4 is 34.7 Å². The van der Waals surface area contributed by atoms with Gasteiger partial charge in [0.2, 0.25) is 0 Å². The van der Waals surface area contributed by atoms with Crippen molar-refractivity contribution in [1.82, 2.24) is 9.80 Å². The van der Waals surface area contributed by atoms with Crippen LogP contribution in [0.2, 0.25) is 36.3 Å². The van der Waals surface area contributed by atoms with Crippen molar-refractivity contribution in [3.8, 4) is 6.07 Å². The van der Waals surface area contributed by atoms with E-state index in [0.29, 0.717) is 37.4 Å². The lowest BCUT2D eigenvalue weighted by molar-refractivity contribution is 0.0116. The normalized spacial score (nSPS) is 17.1. The molecule has 12 nitrogen and oxygen atoms in total. The molecule has 2 aliphatic rings. The number of ether oxygens (including phenoxy) is 2. The van der Waals surface area contributed by atoms with E-state index in [9.17, 15) is 14.9 Å². The Balaban J connectivity index is 0.000000321. The van der Waals surface area contributed by atoms with Crippen molar-refractivity contribution in [3.63, 3.8) is 0 Å². The summed E-state index contributed by atoms with van der Waals surface area (Å²) in [6.07, 6.45) is 2.42. The highest BCUT2D eigenvalue weighted by Gasteiger charge is 2.41. The molecular weight excluding hydrogens is 791 g/mol. The second-order valence-electron chi connectivity index (χ2n) is 21.0. The Labute approximate surface area is 363 Å². The molecule has 0 aromatic heterocycles. The molecule has 3 N–H and O–H groups in total. The summed E-state index contributed by atoms with van der Waals surface area (Å²) in [7, 11) is -3.83. The second-order valence-corrected chi connectivity index (χ2v) is 30.6. The molecule has 2 aliphatic carbocycles.